The Bertz CT molecular complexity index is 286. The van der Waals surface area contributed by atoms with E-state index < -0.39 is 0 Å². The van der Waals surface area contributed by atoms with E-state index in [1.807, 2.05) is 11.4 Å². The van der Waals surface area contributed by atoms with E-state index in [0.29, 0.717) is 13.1 Å². The number of thiophene rings is 1. The van der Waals surface area contributed by atoms with E-state index in [0.717, 1.165) is 37.1 Å². The number of carbonyl (C=O) groups excluding carboxylic acids is 1. The molecule has 0 amide bonds. The molecule has 0 bridgehead atoms. The highest BCUT2D eigenvalue weighted by Gasteiger charge is 2.00. The van der Waals surface area contributed by atoms with Crippen LogP contribution in [-0.2, 0) is 16.0 Å². The third-order valence-corrected chi connectivity index (χ3v) is 3.62. The van der Waals surface area contributed by atoms with Gasteiger partial charge in [-0.1, -0.05) is 24.4 Å². The van der Waals surface area contributed by atoms with Crippen LogP contribution in [0.25, 0.3) is 0 Å². The summed E-state index contributed by atoms with van der Waals surface area (Å²) < 4.78 is 4.61. The van der Waals surface area contributed by atoms with Crippen LogP contribution in [0.3, 0.4) is 0 Å². The molecule has 4 heteroatoms. The highest BCUT2D eigenvalue weighted by Crippen LogP contribution is 2.23. The van der Waals surface area contributed by atoms with Crippen LogP contribution in [0.2, 0.25) is 5.02 Å². The Labute approximate surface area is 99.2 Å². The fraction of sp³-hybridized carbons (Fsp3) is 0.545. The summed E-state index contributed by atoms with van der Waals surface area (Å²) in [6, 6.07) is 1.94. The minimum absolute atomic E-state index is 0.505. The monoisotopic (exact) mass is 246 g/mol. The van der Waals surface area contributed by atoms with E-state index >= 15 is 0 Å². The van der Waals surface area contributed by atoms with Gasteiger partial charge in [-0.25, -0.2) is 0 Å². The Morgan fingerprint density at radius 2 is 2.13 bits per heavy atom. The maximum absolute atomic E-state index is 9.85. The molecule has 0 spiro atoms. The number of rotatable bonds is 8. The van der Waals surface area contributed by atoms with Gasteiger partial charge in [-0.05, 0) is 30.7 Å². The number of ether oxygens (including phenoxy) is 1. The van der Waals surface area contributed by atoms with E-state index in [9.17, 15) is 4.79 Å². The molecule has 0 unspecified atom stereocenters. The molecule has 0 aliphatic heterocycles. The standard InChI is InChI=1S/C11H15ClO2S/c12-10-6-8-15-11(10)5-3-1-2-4-7-14-9-13/h6,8-9H,1-5,7H2. The van der Waals surface area contributed by atoms with Crippen molar-refractivity contribution in [3.8, 4) is 0 Å². The van der Waals surface area contributed by atoms with Gasteiger partial charge in [0.1, 0.15) is 0 Å². The molecular weight excluding hydrogens is 232 g/mol. The van der Waals surface area contributed by atoms with E-state index in [-0.39, 0.29) is 0 Å². The highest BCUT2D eigenvalue weighted by atomic mass is 35.5. The summed E-state index contributed by atoms with van der Waals surface area (Å²) in [6.45, 7) is 1.05. The van der Waals surface area contributed by atoms with E-state index in [1.165, 1.54) is 4.88 Å². The minimum atomic E-state index is 0.505. The molecule has 0 fully saturated rings. The molecule has 0 saturated carbocycles. The summed E-state index contributed by atoms with van der Waals surface area (Å²) in [6.07, 6.45) is 5.44. The first-order valence-corrected chi connectivity index (χ1v) is 6.37. The van der Waals surface area contributed by atoms with E-state index in [2.05, 4.69) is 4.74 Å². The van der Waals surface area contributed by atoms with E-state index in [4.69, 9.17) is 11.6 Å². The van der Waals surface area contributed by atoms with Crippen molar-refractivity contribution in [3.63, 3.8) is 0 Å². The molecule has 1 aromatic rings. The molecule has 1 heterocycles. The molecule has 84 valence electrons. The van der Waals surface area contributed by atoms with Crippen molar-refractivity contribution in [2.75, 3.05) is 6.61 Å². The maximum Gasteiger partial charge on any atom is 0.293 e. The minimum Gasteiger partial charge on any atom is -0.468 e. The lowest BCUT2D eigenvalue weighted by molar-refractivity contribution is -0.128. The number of aryl methyl sites for hydroxylation is 1. The molecule has 1 aromatic heterocycles. The second kappa shape index (κ2) is 7.71. The Kier molecular flexibility index (Phi) is 6.44. The first kappa shape index (κ1) is 12.5. The predicted molar refractivity (Wildman–Crippen MR) is 63.5 cm³/mol. The van der Waals surface area contributed by atoms with Crippen molar-refractivity contribution in [2.24, 2.45) is 0 Å². The highest BCUT2D eigenvalue weighted by molar-refractivity contribution is 7.10. The molecule has 0 aromatic carbocycles. The summed E-state index contributed by atoms with van der Waals surface area (Å²) in [4.78, 5) is 11.1. The van der Waals surface area contributed by atoms with Crippen molar-refractivity contribution in [1.29, 1.82) is 0 Å². The van der Waals surface area contributed by atoms with Gasteiger partial charge in [-0.3, -0.25) is 4.79 Å². The molecule has 0 atom stereocenters. The van der Waals surface area contributed by atoms with Crippen molar-refractivity contribution in [1.82, 2.24) is 0 Å². The van der Waals surface area contributed by atoms with Crippen LogP contribution in [0, 0.1) is 0 Å². The molecule has 0 aliphatic carbocycles. The normalized spacial score (nSPS) is 10.2. The summed E-state index contributed by atoms with van der Waals surface area (Å²) in [5.74, 6) is 0. The van der Waals surface area contributed by atoms with Gasteiger partial charge < -0.3 is 4.74 Å². The summed E-state index contributed by atoms with van der Waals surface area (Å²) in [5.41, 5.74) is 0. The molecule has 1 rings (SSSR count). The Morgan fingerprint density at radius 1 is 1.33 bits per heavy atom. The van der Waals surface area contributed by atoms with Gasteiger partial charge in [0.05, 0.1) is 11.6 Å². The number of unbranched alkanes of at least 4 members (excludes halogenated alkanes) is 3. The lowest BCUT2D eigenvalue weighted by atomic mass is 10.1. The average molecular weight is 247 g/mol. The molecule has 0 saturated heterocycles. The maximum atomic E-state index is 9.85. The average Bonchev–Trinajstić information content (AvgIpc) is 2.63. The SMILES string of the molecule is O=COCCCCCCc1sccc1Cl. The molecule has 0 radical (unpaired) electrons. The quantitative estimate of drug-likeness (QED) is 0.517. The van der Waals surface area contributed by atoms with Gasteiger partial charge in [-0.15, -0.1) is 11.3 Å². The van der Waals surface area contributed by atoms with Crippen LogP contribution >= 0.6 is 22.9 Å². The second-order valence-electron chi connectivity index (χ2n) is 3.32. The second-order valence-corrected chi connectivity index (χ2v) is 4.73. The van der Waals surface area contributed by atoms with Gasteiger partial charge >= 0.3 is 0 Å². The summed E-state index contributed by atoms with van der Waals surface area (Å²) >= 11 is 7.69. The smallest absolute Gasteiger partial charge is 0.293 e. The number of hydrogen-bond donors (Lipinski definition) is 0. The topological polar surface area (TPSA) is 26.3 Å². The zero-order valence-corrected chi connectivity index (χ0v) is 10.1. The first-order chi connectivity index (χ1) is 7.34. The van der Waals surface area contributed by atoms with Gasteiger partial charge in [0.2, 0.25) is 0 Å². The molecule has 0 aliphatic rings. The zero-order valence-electron chi connectivity index (χ0n) is 8.58. The Balaban J connectivity index is 1.98. The third-order valence-electron chi connectivity index (χ3n) is 2.18. The van der Waals surface area contributed by atoms with E-state index in [1.54, 1.807) is 11.3 Å². The van der Waals surface area contributed by atoms with Crippen LogP contribution in [0.15, 0.2) is 11.4 Å². The van der Waals surface area contributed by atoms with Crippen molar-refractivity contribution in [2.45, 2.75) is 32.1 Å². The van der Waals surface area contributed by atoms with Gasteiger partial charge in [0.25, 0.3) is 6.47 Å². The van der Waals surface area contributed by atoms with Gasteiger partial charge in [0, 0.05) is 4.88 Å². The fourth-order valence-corrected chi connectivity index (χ4v) is 2.55. The fourth-order valence-electron chi connectivity index (χ4n) is 1.38. The number of carbonyl (C=O) groups is 1. The van der Waals surface area contributed by atoms with Crippen molar-refractivity contribution >= 4 is 29.4 Å². The number of hydrogen-bond acceptors (Lipinski definition) is 3. The lowest BCUT2D eigenvalue weighted by Gasteiger charge is -2.00. The largest absolute Gasteiger partial charge is 0.468 e. The van der Waals surface area contributed by atoms with Crippen molar-refractivity contribution < 1.29 is 9.53 Å². The van der Waals surface area contributed by atoms with Gasteiger partial charge in [-0.2, -0.15) is 0 Å². The lowest BCUT2D eigenvalue weighted by Crippen LogP contribution is -1.91. The Hall–Kier alpha value is -0.540. The zero-order chi connectivity index (χ0) is 10.9. The summed E-state index contributed by atoms with van der Waals surface area (Å²) in [5, 5.41) is 2.92. The molecule has 2 nitrogen and oxygen atoms in total. The third kappa shape index (κ3) is 5.19. The van der Waals surface area contributed by atoms with Crippen LogP contribution in [0.4, 0.5) is 0 Å². The van der Waals surface area contributed by atoms with Crippen LogP contribution in [0.5, 0.6) is 0 Å². The van der Waals surface area contributed by atoms with Crippen LogP contribution in [0.1, 0.15) is 30.6 Å². The van der Waals surface area contributed by atoms with Crippen LogP contribution < -0.4 is 0 Å². The van der Waals surface area contributed by atoms with Crippen molar-refractivity contribution in [3.05, 3.63) is 21.3 Å². The number of halogens is 1. The Morgan fingerprint density at radius 3 is 2.80 bits per heavy atom. The van der Waals surface area contributed by atoms with Crippen LogP contribution in [-0.4, -0.2) is 13.1 Å². The molecule has 0 N–H and O–H groups in total. The van der Waals surface area contributed by atoms with Gasteiger partial charge in [0.15, 0.2) is 0 Å². The first-order valence-electron chi connectivity index (χ1n) is 5.11. The predicted octanol–water partition coefficient (Wildman–Crippen LogP) is 3.68. The molecule has 15 heavy (non-hydrogen) atoms. The molecular formula is C11H15ClO2S. The summed E-state index contributed by atoms with van der Waals surface area (Å²) in [7, 11) is 0.